The number of aromatic nitrogens is 1. The summed E-state index contributed by atoms with van der Waals surface area (Å²) in [5, 5.41) is 3.61. The lowest BCUT2D eigenvalue weighted by Crippen LogP contribution is -2.40. The molecule has 0 aliphatic carbocycles. The summed E-state index contributed by atoms with van der Waals surface area (Å²) >= 11 is 0. The minimum absolute atomic E-state index is 0.596. The smallest absolute Gasteiger partial charge is 0.123 e. The highest BCUT2D eigenvalue weighted by molar-refractivity contribution is 5.49. The lowest BCUT2D eigenvalue weighted by atomic mass is 9.94. The first-order chi connectivity index (χ1) is 7.83. The average Bonchev–Trinajstić information content (AvgIpc) is 2.73. The molecule has 2 aliphatic heterocycles. The first kappa shape index (κ1) is 9.90. The number of pyridine rings is 1. The molecule has 2 atom stereocenters. The maximum absolute atomic E-state index is 5.60. The molecule has 2 fully saturated rings. The van der Waals surface area contributed by atoms with E-state index in [2.05, 4.69) is 21.3 Å². The molecule has 2 saturated heterocycles. The molecular weight excluding hydrogens is 200 g/mol. The molecule has 86 valence electrons. The fourth-order valence-electron chi connectivity index (χ4n) is 2.84. The number of fused-ring (bicyclic) bond motifs is 1. The summed E-state index contributed by atoms with van der Waals surface area (Å²) in [6.07, 6.45) is 4.55. The molecule has 3 rings (SSSR count). The van der Waals surface area contributed by atoms with Gasteiger partial charge in [0.05, 0.1) is 11.9 Å². The molecule has 2 aliphatic rings. The lowest BCUT2D eigenvalue weighted by Gasteiger charge is -2.24. The van der Waals surface area contributed by atoms with Gasteiger partial charge in [-0.05, 0) is 37.4 Å². The van der Waals surface area contributed by atoms with Crippen LogP contribution >= 0.6 is 0 Å². The Hall–Kier alpha value is -1.29. The fourth-order valence-corrected chi connectivity index (χ4v) is 2.84. The molecule has 3 N–H and O–H groups in total. The third kappa shape index (κ3) is 1.73. The molecule has 0 aromatic carbocycles. The number of hydrogen-bond donors (Lipinski definition) is 2. The van der Waals surface area contributed by atoms with Crippen molar-refractivity contribution in [3.8, 4) is 0 Å². The summed E-state index contributed by atoms with van der Waals surface area (Å²) in [5.41, 5.74) is 6.80. The van der Waals surface area contributed by atoms with Gasteiger partial charge in [0.25, 0.3) is 0 Å². The first-order valence-corrected chi connectivity index (χ1v) is 6.03. The van der Waals surface area contributed by atoms with Crippen molar-refractivity contribution in [2.75, 3.05) is 30.3 Å². The molecule has 0 bridgehead atoms. The number of rotatable bonds is 1. The van der Waals surface area contributed by atoms with E-state index in [0.717, 1.165) is 19.0 Å². The summed E-state index contributed by atoms with van der Waals surface area (Å²) in [6, 6.07) is 4.62. The van der Waals surface area contributed by atoms with Crippen LogP contribution < -0.4 is 16.0 Å². The van der Waals surface area contributed by atoms with Gasteiger partial charge in [-0.15, -0.1) is 0 Å². The highest BCUT2D eigenvalue weighted by Gasteiger charge is 2.34. The second kappa shape index (κ2) is 3.94. The van der Waals surface area contributed by atoms with E-state index in [1.807, 2.05) is 12.3 Å². The van der Waals surface area contributed by atoms with Crippen molar-refractivity contribution in [3.63, 3.8) is 0 Å². The highest BCUT2D eigenvalue weighted by Crippen LogP contribution is 2.28. The van der Waals surface area contributed by atoms with E-state index in [1.165, 1.54) is 25.1 Å². The predicted molar refractivity (Wildman–Crippen MR) is 65.4 cm³/mol. The van der Waals surface area contributed by atoms with Gasteiger partial charge in [0.15, 0.2) is 0 Å². The van der Waals surface area contributed by atoms with Crippen LogP contribution in [0, 0.1) is 5.92 Å². The van der Waals surface area contributed by atoms with Crippen LogP contribution in [0.2, 0.25) is 0 Å². The summed E-state index contributed by atoms with van der Waals surface area (Å²) in [7, 11) is 0. The van der Waals surface area contributed by atoms with Gasteiger partial charge in [-0.1, -0.05) is 0 Å². The van der Waals surface area contributed by atoms with Gasteiger partial charge in [-0.3, -0.25) is 0 Å². The van der Waals surface area contributed by atoms with Crippen LogP contribution in [-0.2, 0) is 0 Å². The molecule has 0 amide bonds. The molecule has 4 heteroatoms. The van der Waals surface area contributed by atoms with Gasteiger partial charge in [-0.25, -0.2) is 4.98 Å². The van der Waals surface area contributed by atoms with Crippen LogP contribution in [0.1, 0.15) is 12.8 Å². The molecule has 0 saturated carbocycles. The summed E-state index contributed by atoms with van der Waals surface area (Å²) < 4.78 is 0. The van der Waals surface area contributed by atoms with Crippen LogP contribution in [-0.4, -0.2) is 30.7 Å². The van der Waals surface area contributed by atoms with Crippen LogP contribution in [0.15, 0.2) is 18.3 Å². The van der Waals surface area contributed by atoms with Crippen molar-refractivity contribution in [2.45, 2.75) is 18.9 Å². The predicted octanol–water partition coefficient (Wildman–Crippen LogP) is 0.852. The number of nitrogens with two attached hydrogens (primary N) is 1. The van der Waals surface area contributed by atoms with Crippen molar-refractivity contribution >= 4 is 11.5 Å². The summed E-state index contributed by atoms with van der Waals surface area (Å²) in [6.45, 7) is 3.44. The number of anilines is 2. The van der Waals surface area contributed by atoms with Crippen LogP contribution in [0.4, 0.5) is 11.5 Å². The van der Waals surface area contributed by atoms with Crippen LogP contribution in [0.5, 0.6) is 0 Å². The highest BCUT2D eigenvalue weighted by atomic mass is 15.2. The lowest BCUT2D eigenvalue weighted by molar-refractivity contribution is 0.340. The van der Waals surface area contributed by atoms with E-state index in [4.69, 9.17) is 5.73 Å². The minimum atomic E-state index is 0.596. The monoisotopic (exact) mass is 218 g/mol. The van der Waals surface area contributed by atoms with E-state index in [0.29, 0.717) is 11.9 Å². The Labute approximate surface area is 95.8 Å². The maximum Gasteiger partial charge on any atom is 0.123 e. The van der Waals surface area contributed by atoms with E-state index in [1.54, 1.807) is 0 Å². The Balaban J connectivity index is 1.75. The quantitative estimate of drug-likeness (QED) is 0.734. The Morgan fingerprint density at radius 3 is 3.06 bits per heavy atom. The first-order valence-electron chi connectivity index (χ1n) is 6.03. The minimum Gasteiger partial charge on any atom is -0.384 e. The molecule has 1 aromatic rings. The SMILES string of the molecule is Nc1ccc(N2CC3CCCNC3C2)cn1. The molecule has 4 nitrogen and oxygen atoms in total. The number of nitrogens with one attached hydrogen (secondary N) is 1. The van der Waals surface area contributed by atoms with Crippen molar-refractivity contribution in [2.24, 2.45) is 5.92 Å². The maximum atomic E-state index is 5.60. The number of hydrogen-bond acceptors (Lipinski definition) is 4. The topological polar surface area (TPSA) is 54.2 Å². The second-order valence-electron chi connectivity index (χ2n) is 4.81. The molecule has 0 spiro atoms. The van der Waals surface area contributed by atoms with Crippen molar-refractivity contribution in [3.05, 3.63) is 18.3 Å². The zero-order chi connectivity index (χ0) is 11.0. The van der Waals surface area contributed by atoms with Crippen LogP contribution in [0.25, 0.3) is 0 Å². The Bertz CT molecular complexity index is 348. The molecular formula is C12H18N4. The third-order valence-corrected chi connectivity index (χ3v) is 3.74. The zero-order valence-corrected chi connectivity index (χ0v) is 9.39. The van der Waals surface area contributed by atoms with Gasteiger partial charge in [0.1, 0.15) is 5.82 Å². The van der Waals surface area contributed by atoms with Gasteiger partial charge < -0.3 is 16.0 Å². The van der Waals surface area contributed by atoms with E-state index in [-0.39, 0.29) is 0 Å². The fraction of sp³-hybridized carbons (Fsp3) is 0.583. The van der Waals surface area contributed by atoms with E-state index >= 15 is 0 Å². The number of piperidine rings is 1. The molecule has 16 heavy (non-hydrogen) atoms. The van der Waals surface area contributed by atoms with Crippen molar-refractivity contribution < 1.29 is 0 Å². The summed E-state index contributed by atoms with van der Waals surface area (Å²) in [5.74, 6) is 1.41. The van der Waals surface area contributed by atoms with Gasteiger partial charge in [0, 0.05) is 19.1 Å². The zero-order valence-electron chi connectivity index (χ0n) is 9.39. The van der Waals surface area contributed by atoms with Crippen molar-refractivity contribution in [1.82, 2.24) is 10.3 Å². The van der Waals surface area contributed by atoms with E-state index < -0.39 is 0 Å². The Kier molecular flexibility index (Phi) is 2.44. The van der Waals surface area contributed by atoms with Gasteiger partial charge in [-0.2, -0.15) is 0 Å². The molecule has 1 aromatic heterocycles. The summed E-state index contributed by atoms with van der Waals surface area (Å²) in [4.78, 5) is 6.57. The number of nitrogen functional groups attached to an aromatic ring is 1. The Morgan fingerprint density at radius 1 is 1.38 bits per heavy atom. The van der Waals surface area contributed by atoms with Crippen molar-refractivity contribution in [1.29, 1.82) is 0 Å². The molecule has 2 unspecified atom stereocenters. The standard InChI is InChI=1S/C12H18N4/c13-12-4-3-10(6-15-12)16-7-9-2-1-5-14-11(9)8-16/h3-4,6,9,11,14H,1-2,5,7-8H2,(H2,13,15). The average molecular weight is 218 g/mol. The molecule has 3 heterocycles. The van der Waals surface area contributed by atoms with Gasteiger partial charge >= 0.3 is 0 Å². The van der Waals surface area contributed by atoms with Crippen LogP contribution in [0.3, 0.4) is 0 Å². The normalized spacial score (nSPS) is 29.1. The van der Waals surface area contributed by atoms with Gasteiger partial charge in [0.2, 0.25) is 0 Å². The second-order valence-corrected chi connectivity index (χ2v) is 4.81. The Morgan fingerprint density at radius 2 is 2.31 bits per heavy atom. The van der Waals surface area contributed by atoms with E-state index in [9.17, 15) is 0 Å². The largest absolute Gasteiger partial charge is 0.384 e. The third-order valence-electron chi connectivity index (χ3n) is 3.74. The number of nitrogens with zero attached hydrogens (tertiary/aromatic N) is 2. The molecule has 0 radical (unpaired) electrons.